The molecule has 12 heteroatoms. The molecule has 1 aliphatic carbocycles. The number of fused-ring (bicyclic) bond motifs is 2. The zero-order chi connectivity index (χ0) is 33.5. The van der Waals surface area contributed by atoms with E-state index in [4.69, 9.17) is 19.6 Å². The van der Waals surface area contributed by atoms with Gasteiger partial charge < -0.3 is 25.3 Å². The molecule has 0 saturated heterocycles. The number of benzene rings is 2. The molecule has 0 fully saturated rings. The molecule has 250 valence electrons. The summed E-state index contributed by atoms with van der Waals surface area (Å²) in [4.78, 5) is 26.8. The number of anilines is 1. The predicted molar refractivity (Wildman–Crippen MR) is 173 cm³/mol. The lowest BCUT2D eigenvalue weighted by Gasteiger charge is -2.19. The number of aliphatic carboxylic acids is 1. The highest BCUT2D eigenvalue weighted by molar-refractivity contribution is 7.21. The summed E-state index contributed by atoms with van der Waals surface area (Å²) in [6, 6.07) is 13.0. The minimum atomic E-state index is -5.19. The van der Waals surface area contributed by atoms with E-state index in [0.717, 1.165) is 34.7 Å². The van der Waals surface area contributed by atoms with Crippen molar-refractivity contribution in [2.24, 2.45) is 0 Å². The van der Waals surface area contributed by atoms with Crippen molar-refractivity contribution in [3.05, 3.63) is 41.8 Å². The zero-order valence-electron chi connectivity index (χ0n) is 27.0. The molecule has 0 spiro atoms. The van der Waals surface area contributed by atoms with Gasteiger partial charge in [0.15, 0.2) is 0 Å². The number of carbonyl (C=O) groups is 2. The van der Waals surface area contributed by atoms with E-state index in [1.807, 2.05) is 26.8 Å². The summed E-state index contributed by atoms with van der Waals surface area (Å²) in [7, 11) is 0. The Morgan fingerprint density at radius 1 is 0.911 bits per heavy atom. The third kappa shape index (κ3) is 14.5. The van der Waals surface area contributed by atoms with Crippen molar-refractivity contribution >= 4 is 39.3 Å². The number of amides is 1. The molecule has 1 aromatic rings. The van der Waals surface area contributed by atoms with Gasteiger partial charge in [0.05, 0.1) is 20.8 Å². The van der Waals surface area contributed by atoms with Crippen molar-refractivity contribution in [1.29, 1.82) is 0 Å². The molecule has 0 unspecified atom stereocenters. The van der Waals surface area contributed by atoms with Gasteiger partial charge in [0.2, 0.25) is 5.36 Å². The fraction of sp³-hybridized carbons (Fsp3) is 0.576. The van der Waals surface area contributed by atoms with Crippen molar-refractivity contribution in [2.45, 2.75) is 97.8 Å². The maximum Gasteiger partial charge on any atom is 0.430 e. The van der Waals surface area contributed by atoms with Gasteiger partial charge in [0, 0.05) is 43.8 Å². The first-order valence-electron chi connectivity index (χ1n) is 15.6. The second-order valence-electron chi connectivity index (χ2n) is 11.8. The van der Waals surface area contributed by atoms with E-state index in [9.17, 15) is 18.0 Å². The van der Waals surface area contributed by atoms with E-state index in [1.54, 1.807) is 11.3 Å². The van der Waals surface area contributed by atoms with Crippen LogP contribution in [0.25, 0.3) is 20.8 Å². The number of nitrogens with zero attached hydrogens (tertiary/aromatic N) is 2. The van der Waals surface area contributed by atoms with E-state index in [0.29, 0.717) is 13.1 Å². The molecule has 3 rings (SSSR count). The number of hydrogen-bond acceptors (Lipinski definition) is 7. The normalized spacial score (nSPS) is 11.6. The Morgan fingerprint density at radius 3 is 2.09 bits per heavy atom. The second-order valence-corrected chi connectivity index (χ2v) is 12.9. The quantitative estimate of drug-likeness (QED) is 0.116. The van der Waals surface area contributed by atoms with Crippen molar-refractivity contribution in [2.75, 3.05) is 31.5 Å². The first kappa shape index (κ1) is 37.8. The maximum atomic E-state index is 11.8. The summed E-state index contributed by atoms with van der Waals surface area (Å²) in [5, 5.41) is 16.3. The van der Waals surface area contributed by atoms with Crippen molar-refractivity contribution in [1.82, 2.24) is 14.9 Å². The first-order chi connectivity index (χ1) is 21.2. The van der Waals surface area contributed by atoms with Crippen LogP contribution in [0.1, 0.15) is 86.0 Å². The smallest absolute Gasteiger partial charge is 0.430 e. The van der Waals surface area contributed by atoms with E-state index in [2.05, 4.69) is 59.4 Å². The lowest BCUT2D eigenvalue weighted by molar-refractivity contribution is -0.344. The summed E-state index contributed by atoms with van der Waals surface area (Å²) >= 11 is 1.79. The molecule has 2 N–H and O–H groups in total. The number of carboxylic acid groups (broad SMARTS) is 1. The number of unbranched alkanes of at least 4 members (excludes halogenated alkanes) is 6. The minimum absolute atomic E-state index is 0.392. The number of carbonyl (C=O) groups excluding carboxylic acids is 2. The fourth-order valence-corrected chi connectivity index (χ4v) is 5.47. The fourth-order valence-electron chi connectivity index (χ4n) is 4.43. The Kier molecular flexibility index (Phi) is 15.6. The van der Waals surface area contributed by atoms with Crippen LogP contribution in [-0.2, 0) is 9.53 Å². The van der Waals surface area contributed by atoms with E-state index in [1.165, 1.54) is 61.6 Å². The molecule has 0 bridgehead atoms. The molecule has 45 heavy (non-hydrogen) atoms. The van der Waals surface area contributed by atoms with Crippen molar-refractivity contribution in [3.8, 4) is 10.6 Å². The van der Waals surface area contributed by atoms with Crippen LogP contribution >= 0.6 is 11.3 Å². The number of alkyl halides is 3. The van der Waals surface area contributed by atoms with Crippen LogP contribution in [0.15, 0.2) is 36.4 Å². The third-order valence-electron chi connectivity index (χ3n) is 6.65. The molecule has 0 aromatic heterocycles. The van der Waals surface area contributed by atoms with Gasteiger partial charge in [-0.1, -0.05) is 39.5 Å². The predicted octanol–water partition coefficient (Wildman–Crippen LogP) is 6.57. The van der Waals surface area contributed by atoms with Crippen LogP contribution in [0, 0.1) is 0 Å². The van der Waals surface area contributed by atoms with Crippen LogP contribution in [0.2, 0.25) is 0 Å². The summed E-state index contributed by atoms with van der Waals surface area (Å²) < 4.78 is 40.6. The molecule has 0 atom stereocenters. The second kappa shape index (κ2) is 18.5. The van der Waals surface area contributed by atoms with Crippen molar-refractivity contribution in [3.63, 3.8) is 0 Å². The van der Waals surface area contributed by atoms with Gasteiger partial charge in [-0.25, -0.2) is 14.4 Å². The van der Waals surface area contributed by atoms with Crippen molar-refractivity contribution < 1.29 is 32.6 Å². The number of alkyl carbamates (subject to hydrolysis) is 1. The number of nitrogens with one attached hydrogen (secondary N) is 2. The molecular formula is C33H47F3N4O4S. The molecule has 0 radical (unpaired) electrons. The maximum absolute atomic E-state index is 11.8. The summed E-state index contributed by atoms with van der Waals surface area (Å²) in [6.45, 7) is 13.5. The first-order valence-corrected chi connectivity index (χ1v) is 16.5. The largest absolute Gasteiger partial charge is 0.542 e. The Balaban J connectivity index is 0.000000900. The number of halogens is 3. The molecule has 1 heterocycles. The SMILES string of the molecule is CCCCCC[N+](CCCCCC)=c1ccc2nc3ccc(NCCNC(=O)OC(C)(C)C)cc3sc-2c1.O=C([O-])C(F)(F)F. The summed E-state index contributed by atoms with van der Waals surface area (Å²) in [5.74, 6) is -3.01. The average Bonchev–Trinajstić information content (AvgIpc) is 2.96. The lowest BCUT2D eigenvalue weighted by Crippen LogP contribution is -2.37. The van der Waals surface area contributed by atoms with Crippen LogP contribution in [0.4, 0.5) is 23.7 Å². The standard InChI is InChI=1S/C31H46N4O2S.C2HF3O2/c1-6-8-10-12-20-35(21-13-11-9-7-2)25-15-17-27-29(23-25)38-28-22-24(14-16-26(28)34-27)32-18-19-33-30(36)37-31(3,4)5;3-2(4,5)1(6)7/h14-17,22-23H,6-13,18-21H2,1-5H3,(H,33,36);(H,6,7). The number of rotatable bonds is 14. The van der Waals surface area contributed by atoms with E-state index in [-0.39, 0.29) is 0 Å². The molecule has 1 aliphatic heterocycles. The van der Waals surface area contributed by atoms with E-state index >= 15 is 0 Å². The average molecular weight is 653 g/mol. The number of ether oxygens (including phenoxy) is 1. The molecule has 1 aromatic carbocycles. The van der Waals surface area contributed by atoms with Crippen LogP contribution in [-0.4, -0.2) is 55.0 Å². The molecule has 0 saturated carbocycles. The van der Waals surface area contributed by atoms with Gasteiger partial charge in [-0.2, -0.15) is 13.2 Å². The Labute approximate surface area is 268 Å². The number of carboxylic acids is 1. The van der Waals surface area contributed by atoms with E-state index < -0.39 is 23.8 Å². The third-order valence-corrected chi connectivity index (χ3v) is 7.74. The van der Waals surface area contributed by atoms with Gasteiger partial charge in [-0.15, -0.1) is 11.3 Å². The van der Waals surface area contributed by atoms with Crippen LogP contribution in [0.5, 0.6) is 0 Å². The number of hydrogen-bond donors (Lipinski definition) is 2. The topological polar surface area (TPSA) is 106 Å². The molecule has 2 aliphatic rings. The Morgan fingerprint density at radius 2 is 1.53 bits per heavy atom. The zero-order valence-corrected chi connectivity index (χ0v) is 27.8. The van der Waals surface area contributed by atoms with Crippen LogP contribution in [0.3, 0.4) is 0 Å². The Hall–Kier alpha value is -3.41. The Bertz CT molecular complexity index is 1390. The summed E-state index contributed by atoms with van der Waals surface area (Å²) in [5.41, 5.74) is 2.58. The lowest BCUT2D eigenvalue weighted by atomic mass is 10.1. The highest BCUT2D eigenvalue weighted by Gasteiger charge is 2.28. The highest BCUT2D eigenvalue weighted by atomic mass is 32.1. The van der Waals surface area contributed by atoms with Gasteiger partial charge in [-0.3, -0.25) is 0 Å². The molecule has 8 nitrogen and oxygen atoms in total. The van der Waals surface area contributed by atoms with Gasteiger partial charge >= 0.3 is 12.3 Å². The molecular weight excluding hydrogens is 605 g/mol. The monoisotopic (exact) mass is 652 g/mol. The van der Waals surface area contributed by atoms with Crippen LogP contribution < -0.4 is 25.7 Å². The highest BCUT2D eigenvalue weighted by Crippen LogP contribution is 2.31. The van der Waals surface area contributed by atoms with Gasteiger partial charge in [-0.05, 0) is 57.9 Å². The van der Waals surface area contributed by atoms with Gasteiger partial charge in [0.25, 0.3) is 0 Å². The van der Waals surface area contributed by atoms with Gasteiger partial charge in [0.1, 0.15) is 24.7 Å². The molecule has 1 amide bonds. The minimum Gasteiger partial charge on any atom is -0.542 e. The summed E-state index contributed by atoms with van der Waals surface area (Å²) in [6.07, 6.45) is 4.67. The number of aromatic nitrogens is 1.